The van der Waals surface area contributed by atoms with Crippen molar-refractivity contribution in [1.82, 2.24) is 0 Å². The first-order chi connectivity index (χ1) is 8.56. The average molecular weight is 254 g/mol. The molecule has 0 bridgehead atoms. The van der Waals surface area contributed by atoms with Gasteiger partial charge in [0.05, 0.1) is 0 Å². The summed E-state index contributed by atoms with van der Waals surface area (Å²) in [5.41, 5.74) is 1.43. The van der Waals surface area contributed by atoms with Crippen LogP contribution < -0.4 is 0 Å². The van der Waals surface area contributed by atoms with E-state index in [0.29, 0.717) is 0 Å². The van der Waals surface area contributed by atoms with Gasteiger partial charge in [0.1, 0.15) is 0 Å². The topological polar surface area (TPSA) is 0 Å². The zero-order valence-corrected chi connectivity index (χ0v) is 12.6. The van der Waals surface area contributed by atoms with Crippen LogP contribution in [0.3, 0.4) is 0 Å². The van der Waals surface area contributed by atoms with Gasteiger partial charge in [-0.05, 0) is 28.8 Å². The van der Waals surface area contributed by atoms with E-state index in [1.807, 2.05) is 0 Å². The Hall–Kier alpha value is -1.34. The van der Waals surface area contributed by atoms with Gasteiger partial charge >= 0.3 is 0 Å². The standard InChI is InChI=1S/C17H22Si/c1-18(2,3)14-7-6-10-16-12-8-11-15-9-4-5-13-17(15)16/h4-9,11-13H,10,14H2,1-3H3/b7-6-. The lowest BCUT2D eigenvalue weighted by Gasteiger charge is -2.11. The summed E-state index contributed by atoms with van der Waals surface area (Å²) >= 11 is 0. The van der Waals surface area contributed by atoms with Crippen molar-refractivity contribution in [3.05, 3.63) is 60.2 Å². The molecule has 0 aliphatic carbocycles. The van der Waals surface area contributed by atoms with Crippen molar-refractivity contribution >= 4 is 18.8 Å². The minimum absolute atomic E-state index is 0.936. The maximum Gasteiger partial charge on any atom is 0.0480 e. The lowest BCUT2D eigenvalue weighted by atomic mass is 10.0. The lowest BCUT2D eigenvalue weighted by molar-refractivity contribution is 1.28. The van der Waals surface area contributed by atoms with Crippen molar-refractivity contribution in [1.29, 1.82) is 0 Å². The van der Waals surface area contributed by atoms with Gasteiger partial charge in [0.25, 0.3) is 0 Å². The third kappa shape index (κ3) is 3.57. The van der Waals surface area contributed by atoms with Crippen LogP contribution in [-0.4, -0.2) is 8.07 Å². The Morgan fingerprint density at radius 3 is 2.39 bits per heavy atom. The summed E-state index contributed by atoms with van der Waals surface area (Å²) in [5.74, 6) is 0. The number of rotatable bonds is 4. The molecule has 0 unspecified atom stereocenters. The number of benzene rings is 2. The van der Waals surface area contributed by atoms with E-state index in [9.17, 15) is 0 Å². The molecule has 2 rings (SSSR count). The third-order valence-corrected chi connectivity index (χ3v) is 4.58. The highest BCUT2D eigenvalue weighted by molar-refractivity contribution is 6.76. The highest BCUT2D eigenvalue weighted by Gasteiger charge is 2.09. The van der Waals surface area contributed by atoms with Crippen LogP contribution in [0.15, 0.2) is 54.6 Å². The molecule has 0 spiro atoms. The van der Waals surface area contributed by atoms with Crippen LogP contribution in [0.2, 0.25) is 25.7 Å². The smallest absolute Gasteiger partial charge is 0.0480 e. The molecule has 0 radical (unpaired) electrons. The van der Waals surface area contributed by atoms with Crippen LogP contribution >= 0.6 is 0 Å². The molecule has 0 nitrogen and oxygen atoms in total. The first-order valence-electron chi connectivity index (χ1n) is 6.68. The predicted molar refractivity (Wildman–Crippen MR) is 84.9 cm³/mol. The van der Waals surface area contributed by atoms with Gasteiger partial charge in [-0.15, -0.1) is 0 Å². The quantitative estimate of drug-likeness (QED) is 0.514. The minimum atomic E-state index is -0.936. The van der Waals surface area contributed by atoms with Gasteiger partial charge in [0.2, 0.25) is 0 Å². The van der Waals surface area contributed by atoms with E-state index in [4.69, 9.17) is 0 Å². The van der Waals surface area contributed by atoms with Crippen molar-refractivity contribution in [2.75, 3.05) is 0 Å². The highest BCUT2D eigenvalue weighted by Crippen LogP contribution is 2.19. The van der Waals surface area contributed by atoms with Gasteiger partial charge in [-0.25, -0.2) is 0 Å². The largest absolute Gasteiger partial charge is 0.0909 e. The molecule has 0 N–H and O–H groups in total. The van der Waals surface area contributed by atoms with E-state index in [0.717, 1.165) is 6.42 Å². The van der Waals surface area contributed by atoms with Gasteiger partial charge in [-0.2, -0.15) is 0 Å². The van der Waals surface area contributed by atoms with Gasteiger partial charge in [-0.3, -0.25) is 0 Å². The van der Waals surface area contributed by atoms with Crippen molar-refractivity contribution in [2.24, 2.45) is 0 Å². The second kappa shape index (κ2) is 5.53. The number of hydrogen-bond acceptors (Lipinski definition) is 0. The monoisotopic (exact) mass is 254 g/mol. The second-order valence-electron chi connectivity index (χ2n) is 6.08. The fourth-order valence-corrected chi connectivity index (χ4v) is 2.99. The van der Waals surface area contributed by atoms with Crippen molar-refractivity contribution in [3.8, 4) is 0 Å². The molecule has 1 heteroatoms. The molecule has 2 aromatic carbocycles. The first kappa shape index (κ1) is 13.1. The normalized spacial score (nSPS) is 12.4. The molecule has 2 aromatic rings. The van der Waals surface area contributed by atoms with Gasteiger partial charge in [0.15, 0.2) is 0 Å². The molecule has 0 amide bonds. The van der Waals surface area contributed by atoms with Crippen molar-refractivity contribution in [3.63, 3.8) is 0 Å². The summed E-state index contributed by atoms with van der Waals surface area (Å²) in [6, 6.07) is 16.5. The molecule has 0 aliphatic heterocycles. The summed E-state index contributed by atoms with van der Waals surface area (Å²) in [6.07, 6.45) is 5.75. The molecule has 0 saturated heterocycles. The summed E-state index contributed by atoms with van der Waals surface area (Å²) in [5, 5.41) is 2.73. The van der Waals surface area contributed by atoms with Crippen molar-refractivity contribution in [2.45, 2.75) is 32.1 Å². The predicted octanol–water partition coefficient (Wildman–Crippen LogP) is 5.28. The Balaban J connectivity index is 2.13. The van der Waals surface area contributed by atoms with Crippen molar-refractivity contribution < 1.29 is 0 Å². The van der Waals surface area contributed by atoms with Gasteiger partial charge < -0.3 is 0 Å². The third-order valence-electron chi connectivity index (χ3n) is 3.11. The molecule has 94 valence electrons. The lowest BCUT2D eigenvalue weighted by Crippen LogP contribution is -2.17. The average Bonchev–Trinajstić information content (AvgIpc) is 2.33. The highest BCUT2D eigenvalue weighted by atomic mass is 28.3. The molecular formula is C17H22Si. The van der Waals surface area contributed by atoms with E-state index in [-0.39, 0.29) is 0 Å². The molecule has 0 atom stereocenters. The number of fused-ring (bicyclic) bond motifs is 1. The Kier molecular flexibility index (Phi) is 4.03. The Bertz CT molecular complexity index is 542. The molecule has 0 aromatic heterocycles. The maximum atomic E-state index is 2.41. The molecule has 0 aliphatic rings. The zero-order chi connectivity index (χ0) is 13.0. The van der Waals surface area contributed by atoms with E-state index >= 15 is 0 Å². The molecule has 18 heavy (non-hydrogen) atoms. The van der Waals surface area contributed by atoms with E-state index in [2.05, 4.69) is 74.3 Å². The molecule has 0 fully saturated rings. The van der Waals surface area contributed by atoms with E-state index < -0.39 is 8.07 Å². The summed E-state index contributed by atoms with van der Waals surface area (Å²) in [4.78, 5) is 0. The SMILES string of the molecule is C[Si](C)(C)C/C=C\Cc1cccc2ccccc12. The van der Waals surface area contributed by atoms with Crippen LogP contribution in [0.5, 0.6) is 0 Å². The van der Waals surface area contributed by atoms with Crippen LogP contribution in [0.25, 0.3) is 10.8 Å². The fourth-order valence-electron chi connectivity index (χ4n) is 2.12. The zero-order valence-electron chi connectivity index (χ0n) is 11.6. The van der Waals surface area contributed by atoms with E-state index in [1.54, 1.807) is 0 Å². The summed E-state index contributed by atoms with van der Waals surface area (Å²) in [6.45, 7) is 7.24. The van der Waals surface area contributed by atoms with Crippen LogP contribution in [-0.2, 0) is 6.42 Å². The molecule has 0 heterocycles. The fraction of sp³-hybridized carbons (Fsp3) is 0.294. The van der Waals surface area contributed by atoms with Gasteiger partial charge in [-0.1, -0.05) is 74.3 Å². The maximum absolute atomic E-state index is 2.41. The van der Waals surface area contributed by atoms with Gasteiger partial charge in [0, 0.05) is 8.07 Å². The van der Waals surface area contributed by atoms with Crippen LogP contribution in [0.1, 0.15) is 5.56 Å². The molecule has 0 saturated carbocycles. The van der Waals surface area contributed by atoms with Crippen LogP contribution in [0.4, 0.5) is 0 Å². The Labute approximate surface area is 111 Å². The first-order valence-corrected chi connectivity index (χ1v) is 10.4. The second-order valence-corrected chi connectivity index (χ2v) is 11.6. The minimum Gasteiger partial charge on any atom is -0.0909 e. The Morgan fingerprint density at radius 1 is 0.889 bits per heavy atom. The van der Waals surface area contributed by atoms with E-state index in [1.165, 1.54) is 22.4 Å². The Morgan fingerprint density at radius 2 is 1.61 bits per heavy atom. The van der Waals surface area contributed by atoms with Crippen LogP contribution in [0, 0.1) is 0 Å². The number of hydrogen-bond donors (Lipinski definition) is 0. The summed E-state index contributed by atoms with van der Waals surface area (Å²) < 4.78 is 0. The summed E-state index contributed by atoms with van der Waals surface area (Å²) in [7, 11) is -0.936. The number of allylic oxidation sites excluding steroid dienone is 2. The molecular weight excluding hydrogens is 232 g/mol.